The van der Waals surface area contributed by atoms with Crippen LogP contribution in [-0.4, -0.2) is 45.9 Å². The van der Waals surface area contributed by atoms with E-state index in [1.807, 2.05) is 6.92 Å². The summed E-state index contributed by atoms with van der Waals surface area (Å²) >= 11 is 0. The number of hydrogen-bond donors (Lipinski definition) is 1. The van der Waals surface area contributed by atoms with E-state index in [4.69, 9.17) is 0 Å². The van der Waals surface area contributed by atoms with Crippen molar-refractivity contribution >= 4 is 11.8 Å². The Morgan fingerprint density at radius 2 is 2.00 bits per heavy atom. The first-order valence-corrected chi connectivity index (χ1v) is 7.58. The zero-order chi connectivity index (χ0) is 15.9. The number of rotatable bonds is 1. The van der Waals surface area contributed by atoms with Gasteiger partial charge in [0.25, 0.3) is 5.56 Å². The lowest BCUT2D eigenvalue weighted by molar-refractivity contribution is -0.135. The normalized spacial score (nSPS) is 21.3. The molecule has 7 heteroatoms. The third-order valence-corrected chi connectivity index (χ3v) is 4.58. The van der Waals surface area contributed by atoms with Crippen LogP contribution in [0.1, 0.15) is 23.5 Å². The Labute approximate surface area is 128 Å². The molecule has 118 valence electrons. The van der Waals surface area contributed by atoms with Crippen LogP contribution in [0.15, 0.2) is 4.79 Å². The Bertz CT molecular complexity index is 695. The molecule has 2 amide bonds. The van der Waals surface area contributed by atoms with Crippen molar-refractivity contribution in [3.05, 3.63) is 27.4 Å². The molecule has 3 heterocycles. The van der Waals surface area contributed by atoms with Crippen molar-refractivity contribution in [2.24, 2.45) is 13.0 Å². The van der Waals surface area contributed by atoms with E-state index in [9.17, 15) is 14.4 Å². The fraction of sp³-hybridized carbons (Fsp3) is 0.600. The van der Waals surface area contributed by atoms with Gasteiger partial charge in [0.1, 0.15) is 5.82 Å². The van der Waals surface area contributed by atoms with Crippen molar-refractivity contribution in [2.45, 2.75) is 26.2 Å². The Balaban J connectivity index is 1.79. The van der Waals surface area contributed by atoms with E-state index in [1.165, 1.54) is 0 Å². The standard InChI is InChI=1S/C15H20N4O3/c1-9-17-12-4-6-19(5-3-11(12)15(22)18(9)2)14(21)10-7-13(20)16-8-10/h10H,3-8H2,1-2H3,(H,16,20)/t10-/m1/s1. The second kappa shape index (κ2) is 5.55. The van der Waals surface area contributed by atoms with Crippen molar-refractivity contribution in [1.29, 1.82) is 0 Å². The second-order valence-corrected chi connectivity index (χ2v) is 5.98. The van der Waals surface area contributed by atoms with Crippen LogP contribution in [0.5, 0.6) is 0 Å². The smallest absolute Gasteiger partial charge is 0.256 e. The van der Waals surface area contributed by atoms with Crippen LogP contribution in [0.3, 0.4) is 0 Å². The van der Waals surface area contributed by atoms with E-state index < -0.39 is 0 Å². The summed E-state index contributed by atoms with van der Waals surface area (Å²) in [5, 5.41) is 2.69. The van der Waals surface area contributed by atoms with Crippen molar-refractivity contribution in [3.8, 4) is 0 Å². The zero-order valence-electron chi connectivity index (χ0n) is 12.9. The average molecular weight is 304 g/mol. The number of amides is 2. The van der Waals surface area contributed by atoms with Gasteiger partial charge in [0, 0.05) is 45.1 Å². The molecule has 2 aliphatic heterocycles. The molecule has 1 atom stereocenters. The van der Waals surface area contributed by atoms with Crippen LogP contribution in [0.25, 0.3) is 0 Å². The van der Waals surface area contributed by atoms with Crippen LogP contribution in [0.4, 0.5) is 0 Å². The lowest BCUT2D eigenvalue weighted by Crippen LogP contribution is -2.38. The number of carbonyl (C=O) groups excluding carboxylic acids is 2. The monoisotopic (exact) mass is 304 g/mol. The highest BCUT2D eigenvalue weighted by Crippen LogP contribution is 2.17. The van der Waals surface area contributed by atoms with Crippen molar-refractivity contribution in [1.82, 2.24) is 19.8 Å². The largest absolute Gasteiger partial charge is 0.355 e. The Kier molecular flexibility index (Phi) is 3.72. The summed E-state index contributed by atoms with van der Waals surface area (Å²) in [6.07, 6.45) is 1.38. The van der Waals surface area contributed by atoms with Crippen LogP contribution >= 0.6 is 0 Å². The maximum Gasteiger partial charge on any atom is 0.256 e. The minimum atomic E-state index is -0.272. The van der Waals surface area contributed by atoms with Gasteiger partial charge in [0.15, 0.2) is 0 Å². The van der Waals surface area contributed by atoms with Crippen LogP contribution in [0.2, 0.25) is 0 Å². The molecule has 1 fully saturated rings. The fourth-order valence-electron chi connectivity index (χ4n) is 3.13. The fourth-order valence-corrected chi connectivity index (χ4v) is 3.13. The van der Waals surface area contributed by atoms with E-state index in [-0.39, 0.29) is 29.7 Å². The van der Waals surface area contributed by atoms with Crippen LogP contribution in [-0.2, 0) is 29.5 Å². The molecular formula is C15H20N4O3. The number of carbonyl (C=O) groups is 2. The average Bonchev–Trinajstić information content (AvgIpc) is 2.81. The molecule has 0 saturated carbocycles. The van der Waals surface area contributed by atoms with Crippen LogP contribution in [0, 0.1) is 12.8 Å². The number of aromatic nitrogens is 2. The minimum Gasteiger partial charge on any atom is -0.355 e. The number of nitrogens with zero attached hydrogens (tertiary/aromatic N) is 3. The Morgan fingerprint density at radius 1 is 1.27 bits per heavy atom. The molecule has 1 aromatic heterocycles. The van der Waals surface area contributed by atoms with Gasteiger partial charge >= 0.3 is 0 Å². The lowest BCUT2D eigenvalue weighted by Gasteiger charge is -2.22. The van der Waals surface area contributed by atoms with E-state index in [0.717, 1.165) is 5.69 Å². The van der Waals surface area contributed by atoms with E-state index in [1.54, 1.807) is 16.5 Å². The number of nitrogens with one attached hydrogen (secondary N) is 1. The molecule has 0 unspecified atom stereocenters. The van der Waals surface area contributed by atoms with Gasteiger partial charge in [-0.2, -0.15) is 0 Å². The molecule has 0 aromatic carbocycles. The second-order valence-electron chi connectivity index (χ2n) is 5.98. The highest BCUT2D eigenvalue weighted by atomic mass is 16.2. The van der Waals surface area contributed by atoms with Crippen molar-refractivity contribution in [3.63, 3.8) is 0 Å². The number of fused-ring (bicyclic) bond motifs is 1. The third-order valence-electron chi connectivity index (χ3n) is 4.58. The quantitative estimate of drug-likeness (QED) is 0.732. The van der Waals surface area contributed by atoms with Crippen LogP contribution < -0.4 is 10.9 Å². The van der Waals surface area contributed by atoms with Gasteiger partial charge < -0.3 is 10.2 Å². The maximum absolute atomic E-state index is 12.5. The summed E-state index contributed by atoms with van der Waals surface area (Å²) < 4.78 is 1.55. The molecule has 0 bridgehead atoms. The molecule has 1 saturated heterocycles. The molecule has 7 nitrogen and oxygen atoms in total. The first-order chi connectivity index (χ1) is 10.5. The number of aryl methyl sites for hydroxylation is 1. The molecule has 1 N–H and O–H groups in total. The van der Waals surface area contributed by atoms with E-state index >= 15 is 0 Å². The molecule has 3 rings (SSSR count). The van der Waals surface area contributed by atoms with Gasteiger partial charge in [-0.05, 0) is 13.3 Å². The summed E-state index contributed by atoms with van der Waals surface area (Å²) in [5.74, 6) is 0.350. The summed E-state index contributed by atoms with van der Waals surface area (Å²) in [4.78, 5) is 42.4. The molecule has 1 aromatic rings. The van der Waals surface area contributed by atoms with Crippen molar-refractivity contribution < 1.29 is 9.59 Å². The highest BCUT2D eigenvalue weighted by Gasteiger charge is 2.32. The Morgan fingerprint density at radius 3 is 2.68 bits per heavy atom. The van der Waals surface area contributed by atoms with Gasteiger partial charge in [0.05, 0.1) is 11.6 Å². The van der Waals surface area contributed by atoms with Gasteiger partial charge in [-0.15, -0.1) is 0 Å². The SMILES string of the molecule is Cc1nc2c(c(=O)n1C)CCN(C(=O)[C@H]1CNC(=O)C1)CC2. The van der Waals surface area contributed by atoms with Gasteiger partial charge in [-0.3, -0.25) is 19.0 Å². The summed E-state index contributed by atoms with van der Waals surface area (Å²) in [7, 11) is 1.72. The predicted molar refractivity (Wildman–Crippen MR) is 79.3 cm³/mol. The zero-order valence-corrected chi connectivity index (χ0v) is 12.9. The molecule has 0 spiro atoms. The molecule has 22 heavy (non-hydrogen) atoms. The number of hydrogen-bond acceptors (Lipinski definition) is 4. The lowest BCUT2D eigenvalue weighted by atomic mass is 10.1. The van der Waals surface area contributed by atoms with E-state index in [0.29, 0.717) is 43.9 Å². The first kappa shape index (κ1) is 14.7. The minimum absolute atomic E-state index is 0.000276. The van der Waals surface area contributed by atoms with Gasteiger partial charge in [0.2, 0.25) is 11.8 Å². The Hall–Kier alpha value is -2.18. The summed E-state index contributed by atoms with van der Waals surface area (Å²) in [5.41, 5.74) is 1.50. The van der Waals surface area contributed by atoms with Crippen molar-refractivity contribution in [2.75, 3.05) is 19.6 Å². The topological polar surface area (TPSA) is 84.3 Å². The van der Waals surface area contributed by atoms with Gasteiger partial charge in [-0.25, -0.2) is 4.98 Å². The summed E-state index contributed by atoms with van der Waals surface area (Å²) in [6.45, 7) is 3.29. The highest BCUT2D eigenvalue weighted by molar-refractivity contribution is 5.89. The van der Waals surface area contributed by atoms with Gasteiger partial charge in [-0.1, -0.05) is 0 Å². The third kappa shape index (κ3) is 2.51. The molecule has 0 radical (unpaired) electrons. The molecule has 0 aliphatic carbocycles. The maximum atomic E-state index is 12.5. The molecule has 2 aliphatic rings. The predicted octanol–water partition coefficient (Wildman–Crippen LogP) is -0.848. The summed E-state index contributed by atoms with van der Waals surface area (Å²) in [6, 6.07) is 0. The molecular weight excluding hydrogens is 284 g/mol. The van der Waals surface area contributed by atoms with E-state index in [2.05, 4.69) is 10.3 Å². The first-order valence-electron chi connectivity index (χ1n) is 7.58.